The van der Waals surface area contributed by atoms with E-state index in [1.807, 2.05) is 43.3 Å². The second kappa shape index (κ2) is 15.5. The molecule has 0 spiro atoms. The van der Waals surface area contributed by atoms with Gasteiger partial charge >= 0.3 is 11.9 Å². The Balaban J connectivity index is 2.30. The largest absolute Gasteiger partial charge is 0.481 e. The Hall–Kier alpha value is -2.22. The van der Waals surface area contributed by atoms with E-state index >= 15 is 0 Å². The molecule has 7 heteroatoms. The van der Waals surface area contributed by atoms with E-state index in [4.69, 9.17) is 14.3 Å². The molecule has 2 rings (SSSR count). The number of aliphatic carboxylic acids is 1. The van der Waals surface area contributed by atoms with Gasteiger partial charge in [-0.2, -0.15) is 0 Å². The lowest BCUT2D eigenvalue weighted by Gasteiger charge is -2.39. The second-order valence-electron chi connectivity index (χ2n) is 12.3. The van der Waals surface area contributed by atoms with Crippen LogP contribution >= 0.6 is 0 Å². The molecule has 0 radical (unpaired) electrons. The van der Waals surface area contributed by atoms with Gasteiger partial charge in [-0.15, -0.1) is 0 Å². The van der Waals surface area contributed by atoms with Gasteiger partial charge in [-0.1, -0.05) is 83.0 Å². The molecular formula is C32H50O6Si. The lowest BCUT2D eigenvalue weighted by atomic mass is 9.93. The smallest absolute Gasteiger partial charge is 0.310 e. The summed E-state index contributed by atoms with van der Waals surface area (Å²) in [5, 5.41) is 19.8. The Morgan fingerprint density at radius 2 is 1.74 bits per heavy atom. The normalized spacial score (nSPS) is 19.1. The number of carboxylic acid groups (broad SMARTS) is 1. The first-order chi connectivity index (χ1) is 18.3. The highest BCUT2D eigenvalue weighted by Gasteiger charge is 2.44. The highest BCUT2D eigenvalue weighted by molar-refractivity contribution is 6.74. The van der Waals surface area contributed by atoms with Crippen LogP contribution in [0.25, 0.3) is 0 Å². The molecule has 0 saturated carbocycles. The van der Waals surface area contributed by atoms with Crippen LogP contribution in [-0.4, -0.2) is 42.7 Å². The molecular weight excluding hydrogens is 508 g/mol. The van der Waals surface area contributed by atoms with Gasteiger partial charge in [0.05, 0.1) is 12.2 Å². The van der Waals surface area contributed by atoms with Gasteiger partial charge in [0.1, 0.15) is 5.76 Å². The topological polar surface area (TPSA) is 93.1 Å². The molecule has 2 N–H and O–H groups in total. The molecule has 1 aromatic carbocycles. The number of ether oxygens (including phenoxy) is 1. The van der Waals surface area contributed by atoms with E-state index in [2.05, 4.69) is 39.9 Å². The van der Waals surface area contributed by atoms with Crippen molar-refractivity contribution in [3.8, 4) is 0 Å². The third-order valence-electron chi connectivity index (χ3n) is 7.91. The predicted octanol–water partition coefficient (Wildman–Crippen LogP) is 7.58. The van der Waals surface area contributed by atoms with Crippen LogP contribution in [0.1, 0.15) is 91.0 Å². The number of aliphatic hydroxyl groups is 1. The van der Waals surface area contributed by atoms with E-state index in [-0.39, 0.29) is 29.5 Å². The van der Waals surface area contributed by atoms with Crippen molar-refractivity contribution in [2.75, 3.05) is 0 Å². The highest BCUT2D eigenvalue weighted by Crippen LogP contribution is 2.44. The fourth-order valence-electron chi connectivity index (χ4n) is 4.68. The van der Waals surface area contributed by atoms with Crippen LogP contribution in [-0.2, 0) is 25.2 Å². The summed E-state index contributed by atoms with van der Waals surface area (Å²) in [5.74, 6) is -0.349. The van der Waals surface area contributed by atoms with E-state index in [0.717, 1.165) is 49.0 Å². The number of esters is 1. The van der Waals surface area contributed by atoms with Gasteiger partial charge in [0.2, 0.25) is 0 Å². The molecule has 3 atom stereocenters. The Morgan fingerprint density at radius 1 is 1.08 bits per heavy atom. The molecule has 0 aliphatic heterocycles. The highest BCUT2D eigenvalue weighted by atomic mass is 28.4. The molecule has 0 saturated heterocycles. The molecule has 218 valence electrons. The number of carboxylic acids is 1. The van der Waals surface area contributed by atoms with Crippen molar-refractivity contribution in [3.63, 3.8) is 0 Å². The third-order valence-corrected chi connectivity index (χ3v) is 12.4. The number of carbonyl (C=O) groups excluding carboxylic acids is 1. The average Bonchev–Trinajstić information content (AvgIpc) is 3.14. The fourth-order valence-corrected chi connectivity index (χ4v) is 6.02. The number of rotatable bonds is 16. The molecule has 1 aromatic rings. The Bertz CT molecular complexity index is 976. The number of unbranched alkanes of at least 4 members (excludes halogenated alkanes) is 3. The zero-order valence-electron chi connectivity index (χ0n) is 24.9. The number of hydrogen-bond acceptors (Lipinski definition) is 5. The summed E-state index contributed by atoms with van der Waals surface area (Å²) in [5.41, 5.74) is 2.14. The minimum absolute atomic E-state index is 0.0278. The van der Waals surface area contributed by atoms with Crippen LogP contribution in [0.3, 0.4) is 0 Å². The van der Waals surface area contributed by atoms with Crippen molar-refractivity contribution >= 4 is 20.3 Å². The molecule has 1 unspecified atom stereocenters. The Labute approximate surface area is 236 Å². The Kier molecular flexibility index (Phi) is 13.1. The summed E-state index contributed by atoms with van der Waals surface area (Å²) in [4.78, 5) is 23.4. The number of aliphatic hydroxyl groups excluding tert-OH is 1. The summed E-state index contributed by atoms with van der Waals surface area (Å²) in [6.07, 6.45) is 9.56. The van der Waals surface area contributed by atoms with Crippen molar-refractivity contribution in [3.05, 3.63) is 59.4 Å². The SMILES string of the molecule is CCCC(=O)OC1=C(CCCCCCC(=O)O)[C@H](/C=C/C(O)Cc2ccccc2)[C@H](O[Si](C)(C)C(C)(C)C)C1. The maximum Gasteiger partial charge on any atom is 0.310 e. The summed E-state index contributed by atoms with van der Waals surface area (Å²) < 4.78 is 12.8. The van der Waals surface area contributed by atoms with Gasteiger partial charge in [-0.05, 0) is 55.0 Å². The lowest BCUT2D eigenvalue weighted by Crippen LogP contribution is -2.45. The second-order valence-corrected chi connectivity index (χ2v) is 17.0. The van der Waals surface area contributed by atoms with Crippen LogP contribution in [0.15, 0.2) is 53.8 Å². The maximum absolute atomic E-state index is 12.5. The first-order valence-corrected chi connectivity index (χ1v) is 17.5. The van der Waals surface area contributed by atoms with Crippen LogP contribution < -0.4 is 0 Å². The van der Waals surface area contributed by atoms with Gasteiger partial charge in [0.25, 0.3) is 0 Å². The van der Waals surface area contributed by atoms with Crippen molar-refractivity contribution in [2.24, 2.45) is 5.92 Å². The first kappa shape index (κ1) is 33.0. The Morgan fingerprint density at radius 3 is 2.36 bits per heavy atom. The fraction of sp³-hybridized carbons (Fsp3) is 0.625. The van der Waals surface area contributed by atoms with Gasteiger partial charge in [0, 0.05) is 31.6 Å². The number of benzene rings is 1. The van der Waals surface area contributed by atoms with Crippen molar-refractivity contribution < 1.29 is 29.0 Å². The van der Waals surface area contributed by atoms with E-state index in [0.29, 0.717) is 25.7 Å². The predicted molar refractivity (Wildman–Crippen MR) is 159 cm³/mol. The minimum Gasteiger partial charge on any atom is -0.481 e. The molecule has 39 heavy (non-hydrogen) atoms. The molecule has 6 nitrogen and oxygen atoms in total. The molecule has 0 bridgehead atoms. The average molecular weight is 559 g/mol. The van der Waals surface area contributed by atoms with E-state index in [1.165, 1.54) is 0 Å². The third kappa shape index (κ3) is 11.1. The quantitative estimate of drug-likeness (QED) is 0.0940. The maximum atomic E-state index is 12.5. The first-order valence-electron chi connectivity index (χ1n) is 14.6. The summed E-state index contributed by atoms with van der Waals surface area (Å²) >= 11 is 0. The number of hydrogen-bond donors (Lipinski definition) is 2. The zero-order valence-corrected chi connectivity index (χ0v) is 25.9. The van der Waals surface area contributed by atoms with Crippen LogP contribution in [0.5, 0.6) is 0 Å². The standard InChI is InChI=1S/C32H50O6Si/c1-7-15-31(36)37-28-23-29(38-39(5,6)32(2,3)4)27(26(28)18-13-8-9-14-19-30(34)35)21-20-25(33)22-24-16-11-10-12-17-24/h10-12,16-17,20-21,25,27,29,33H,7-9,13-15,18-19,22-23H2,1-6H3,(H,34,35)/b21-20+/t25?,27-,29+/m0/s1. The van der Waals surface area contributed by atoms with Crippen LogP contribution in [0.2, 0.25) is 18.1 Å². The van der Waals surface area contributed by atoms with Gasteiger partial charge in [0.15, 0.2) is 8.32 Å². The minimum atomic E-state index is -2.12. The zero-order chi connectivity index (χ0) is 29.1. The lowest BCUT2D eigenvalue weighted by molar-refractivity contribution is -0.140. The molecule has 0 heterocycles. The molecule has 0 aromatic heterocycles. The number of carbonyl (C=O) groups is 2. The summed E-state index contributed by atoms with van der Waals surface area (Å²) in [6, 6.07) is 9.93. The monoisotopic (exact) mass is 558 g/mol. The van der Waals surface area contributed by atoms with Crippen molar-refractivity contribution in [1.29, 1.82) is 0 Å². The van der Waals surface area contributed by atoms with Gasteiger partial charge < -0.3 is 19.4 Å². The summed E-state index contributed by atoms with van der Waals surface area (Å²) in [6.45, 7) is 13.1. The van der Waals surface area contributed by atoms with E-state index in [1.54, 1.807) is 0 Å². The van der Waals surface area contributed by atoms with Gasteiger partial charge in [-0.25, -0.2) is 0 Å². The van der Waals surface area contributed by atoms with Crippen LogP contribution in [0, 0.1) is 5.92 Å². The molecule has 1 aliphatic rings. The van der Waals surface area contributed by atoms with Crippen LogP contribution in [0.4, 0.5) is 0 Å². The molecule has 0 fully saturated rings. The van der Waals surface area contributed by atoms with Gasteiger partial charge in [-0.3, -0.25) is 9.59 Å². The molecule has 0 amide bonds. The van der Waals surface area contributed by atoms with Crippen molar-refractivity contribution in [1.82, 2.24) is 0 Å². The van der Waals surface area contributed by atoms with E-state index in [9.17, 15) is 14.7 Å². The van der Waals surface area contributed by atoms with Crippen molar-refractivity contribution in [2.45, 2.75) is 122 Å². The summed E-state index contributed by atoms with van der Waals surface area (Å²) in [7, 11) is -2.12. The van der Waals surface area contributed by atoms with E-state index < -0.39 is 20.4 Å². The molecule has 1 aliphatic carbocycles.